The molecule has 1 aromatic heterocycles. The van der Waals surface area contributed by atoms with E-state index >= 15 is 0 Å². The van der Waals surface area contributed by atoms with Gasteiger partial charge in [-0.1, -0.05) is 19.3 Å². The standard InChI is InChI=1S/C16H27N3O2S/c1-12-18-14(11-22-12)7-9-17-16(21)19-15(8-10-20)13-5-3-2-4-6-13/h11,13,15,20H,2-10H2,1H3,(H2,17,19,21). The molecule has 2 rings (SSSR count). The molecule has 0 saturated heterocycles. The van der Waals surface area contributed by atoms with Crippen LogP contribution in [0, 0.1) is 12.8 Å². The fourth-order valence-electron chi connectivity index (χ4n) is 3.15. The van der Waals surface area contributed by atoms with Crippen molar-refractivity contribution in [2.45, 2.75) is 57.9 Å². The van der Waals surface area contributed by atoms with Crippen molar-refractivity contribution in [3.63, 3.8) is 0 Å². The van der Waals surface area contributed by atoms with Gasteiger partial charge in [0.25, 0.3) is 0 Å². The Morgan fingerprint density at radius 2 is 2.23 bits per heavy atom. The summed E-state index contributed by atoms with van der Waals surface area (Å²) in [6, 6.07) is -0.0391. The van der Waals surface area contributed by atoms with Crippen LogP contribution in [-0.4, -0.2) is 35.3 Å². The average Bonchev–Trinajstić information content (AvgIpc) is 2.93. The normalized spacial score (nSPS) is 17.2. The summed E-state index contributed by atoms with van der Waals surface area (Å²) in [5, 5.41) is 18.3. The Hall–Kier alpha value is -1.14. The third-order valence-corrected chi connectivity index (χ3v) is 5.13. The molecule has 0 spiro atoms. The predicted molar refractivity (Wildman–Crippen MR) is 89.2 cm³/mol. The number of rotatable bonds is 7. The number of aliphatic hydroxyl groups is 1. The highest BCUT2D eigenvalue weighted by Crippen LogP contribution is 2.27. The molecule has 6 heteroatoms. The first kappa shape index (κ1) is 17.2. The molecular formula is C16H27N3O2S. The third kappa shape index (κ3) is 5.57. The molecule has 1 heterocycles. The molecule has 5 nitrogen and oxygen atoms in total. The van der Waals surface area contributed by atoms with Gasteiger partial charge in [0.2, 0.25) is 0 Å². The maximum absolute atomic E-state index is 12.0. The summed E-state index contributed by atoms with van der Waals surface area (Å²) >= 11 is 1.63. The van der Waals surface area contributed by atoms with Gasteiger partial charge in [0.05, 0.1) is 10.7 Å². The smallest absolute Gasteiger partial charge is 0.315 e. The fraction of sp³-hybridized carbons (Fsp3) is 0.750. The Balaban J connectivity index is 1.72. The number of urea groups is 1. The highest BCUT2D eigenvalue weighted by Gasteiger charge is 2.24. The first-order valence-corrected chi connectivity index (χ1v) is 9.13. The number of hydrogen-bond acceptors (Lipinski definition) is 4. The Morgan fingerprint density at radius 1 is 1.45 bits per heavy atom. The van der Waals surface area contributed by atoms with Gasteiger partial charge < -0.3 is 15.7 Å². The molecular weight excluding hydrogens is 298 g/mol. The van der Waals surface area contributed by atoms with Gasteiger partial charge in [0, 0.05) is 31.0 Å². The Labute approximate surface area is 136 Å². The van der Waals surface area contributed by atoms with Crippen LogP contribution in [0.2, 0.25) is 0 Å². The molecule has 22 heavy (non-hydrogen) atoms. The van der Waals surface area contributed by atoms with Gasteiger partial charge in [-0.3, -0.25) is 0 Å². The van der Waals surface area contributed by atoms with E-state index in [4.69, 9.17) is 0 Å². The van der Waals surface area contributed by atoms with E-state index in [1.54, 1.807) is 11.3 Å². The maximum Gasteiger partial charge on any atom is 0.315 e. The topological polar surface area (TPSA) is 74.2 Å². The van der Waals surface area contributed by atoms with E-state index in [9.17, 15) is 9.90 Å². The van der Waals surface area contributed by atoms with Crippen molar-refractivity contribution in [2.75, 3.05) is 13.2 Å². The van der Waals surface area contributed by atoms with Gasteiger partial charge in [0.1, 0.15) is 0 Å². The highest BCUT2D eigenvalue weighted by atomic mass is 32.1. The molecule has 1 unspecified atom stereocenters. The molecule has 1 aliphatic carbocycles. The van der Waals surface area contributed by atoms with Crippen LogP contribution in [0.5, 0.6) is 0 Å². The van der Waals surface area contributed by atoms with E-state index in [1.165, 1.54) is 19.3 Å². The van der Waals surface area contributed by atoms with Gasteiger partial charge in [-0.2, -0.15) is 0 Å². The molecule has 1 aliphatic rings. The van der Waals surface area contributed by atoms with Gasteiger partial charge in [-0.15, -0.1) is 11.3 Å². The van der Waals surface area contributed by atoms with Crippen LogP contribution in [0.15, 0.2) is 5.38 Å². The second-order valence-corrected chi connectivity index (χ2v) is 7.09. The lowest BCUT2D eigenvalue weighted by molar-refractivity contribution is 0.197. The minimum absolute atomic E-state index is 0.0896. The van der Waals surface area contributed by atoms with Gasteiger partial charge in [-0.05, 0) is 32.1 Å². The van der Waals surface area contributed by atoms with Crippen molar-refractivity contribution in [1.29, 1.82) is 0 Å². The van der Waals surface area contributed by atoms with Crippen LogP contribution in [-0.2, 0) is 6.42 Å². The van der Waals surface area contributed by atoms with Crippen LogP contribution in [0.1, 0.15) is 49.2 Å². The molecule has 3 N–H and O–H groups in total. The minimum Gasteiger partial charge on any atom is -0.396 e. The summed E-state index contributed by atoms with van der Waals surface area (Å²) in [7, 11) is 0. The lowest BCUT2D eigenvalue weighted by atomic mass is 9.83. The number of aromatic nitrogens is 1. The minimum atomic E-state index is -0.129. The van der Waals surface area contributed by atoms with Crippen LogP contribution >= 0.6 is 11.3 Å². The number of carbonyl (C=O) groups excluding carboxylic acids is 1. The lowest BCUT2D eigenvalue weighted by Gasteiger charge is -2.30. The van der Waals surface area contributed by atoms with Crippen molar-refractivity contribution in [3.8, 4) is 0 Å². The van der Waals surface area contributed by atoms with Crippen molar-refractivity contribution in [1.82, 2.24) is 15.6 Å². The second kappa shape index (κ2) is 9.10. The van der Waals surface area contributed by atoms with Crippen LogP contribution < -0.4 is 10.6 Å². The molecule has 2 amide bonds. The Bertz CT molecular complexity index is 458. The number of carbonyl (C=O) groups is 1. The zero-order valence-electron chi connectivity index (χ0n) is 13.3. The summed E-state index contributed by atoms with van der Waals surface area (Å²) < 4.78 is 0. The van der Waals surface area contributed by atoms with Crippen molar-refractivity contribution in [3.05, 3.63) is 16.1 Å². The van der Waals surface area contributed by atoms with Crippen molar-refractivity contribution in [2.24, 2.45) is 5.92 Å². The van der Waals surface area contributed by atoms with Crippen molar-refractivity contribution < 1.29 is 9.90 Å². The molecule has 1 fully saturated rings. The largest absolute Gasteiger partial charge is 0.396 e. The SMILES string of the molecule is Cc1nc(CCNC(=O)NC(CCO)C2CCCCC2)cs1. The van der Waals surface area contributed by atoms with Gasteiger partial charge in [0.15, 0.2) is 0 Å². The van der Waals surface area contributed by atoms with E-state index in [-0.39, 0.29) is 18.7 Å². The van der Waals surface area contributed by atoms with Crippen LogP contribution in [0.4, 0.5) is 4.79 Å². The zero-order valence-corrected chi connectivity index (χ0v) is 14.1. The second-order valence-electron chi connectivity index (χ2n) is 6.02. The summed E-state index contributed by atoms with van der Waals surface area (Å²) in [5.74, 6) is 0.507. The quantitative estimate of drug-likeness (QED) is 0.721. The summed E-state index contributed by atoms with van der Waals surface area (Å²) in [4.78, 5) is 16.4. The average molecular weight is 325 g/mol. The Morgan fingerprint density at radius 3 is 2.86 bits per heavy atom. The van der Waals surface area contributed by atoms with E-state index in [1.807, 2.05) is 12.3 Å². The fourth-order valence-corrected chi connectivity index (χ4v) is 3.80. The molecule has 124 valence electrons. The van der Waals surface area contributed by atoms with Crippen LogP contribution in [0.25, 0.3) is 0 Å². The molecule has 0 bridgehead atoms. The molecule has 1 atom stereocenters. The highest BCUT2D eigenvalue weighted by molar-refractivity contribution is 7.09. The number of thiazole rings is 1. The van der Waals surface area contributed by atoms with Crippen molar-refractivity contribution >= 4 is 17.4 Å². The number of amides is 2. The number of hydrogen-bond donors (Lipinski definition) is 3. The van der Waals surface area contributed by atoms with E-state index in [0.717, 1.165) is 30.0 Å². The monoisotopic (exact) mass is 325 g/mol. The number of nitrogens with zero attached hydrogens (tertiary/aromatic N) is 1. The molecule has 0 aromatic carbocycles. The summed E-state index contributed by atoms with van der Waals surface area (Å²) in [6.45, 7) is 2.70. The summed E-state index contributed by atoms with van der Waals surface area (Å²) in [5.41, 5.74) is 1.03. The molecule has 1 saturated carbocycles. The first-order chi connectivity index (χ1) is 10.7. The molecule has 1 aromatic rings. The first-order valence-electron chi connectivity index (χ1n) is 8.25. The van der Waals surface area contributed by atoms with Crippen LogP contribution in [0.3, 0.4) is 0 Å². The maximum atomic E-state index is 12.0. The molecule has 0 radical (unpaired) electrons. The summed E-state index contributed by atoms with van der Waals surface area (Å²) in [6.07, 6.45) is 7.47. The van der Waals surface area contributed by atoms with E-state index in [2.05, 4.69) is 15.6 Å². The van der Waals surface area contributed by atoms with Gasteiger partial charge in [-0.25, -0.2) is 9.78 Å². The van der Waals surface area contributed by atoms with Gasteiger partial charge >= 0.3 is 6.03 Å². The number of nitrogens with one attached hydrogen (secondary N) is 2. The van der Waals surface area contributed by atoms with E-state index < -0.39 is 0 Å². The number of aliphatic hydroxyl groups excluding tert-OH is 1. The predicted octanol–water partition coefficient (Wildman–Crippen LogP) is 2.62. The molecule has 0 aliphatic heterocycles. The lowest BCUT2D eigenvalue weighted by Crippen LogP contribution is -2.46. The number of aryl methyl sites for hydroxylation is 1. The zero-order chi connectivity index (χ0) is 15.8. The van der Waals surface area contributed by atoms with E-state index in [0.29, 0.717) is 18.9 Å². The third-order valence-electron chi connectivity index (χ3n) is 4.31. The Kier molecular flexibility index (Phi) is 7.12.